The lowest BCUT2D eigenvalue weighted by atomic mass is 10.0. The molecule has 0 aliphatic heterocycles. The Kier molecular flexibility index (Phi) is 37.7. The molecule has 0 spiro atoms. The first-order chi connectivity index (χ1) is 61.7. The highest BCUT2D eigenvalue weighted by Crippen LogP contribution is 2.29. The molecule has 0 bridgehead atoms. The molecule has 4 heterocycles. The normalized spacial score (nSPS) is 11.5. The molecule has 0 saturated carbocycles. The molecule has 129 heavy (non-hydrogen) atoms. The molecule has 0 fully saturated rings. The number of aryl methyl sites for hydroxylation is 1. The van der Waals surface area contributed by atoms with Crippen molar-refractivity contribution in [3.63, 3.8) is 0 Å². The van der Waals surface area contributed by atoms with Crippen LogP contribution in [0.5, 0.6) is 0 Å². The van der Waals surface area contributed by atoms with Gasteiger partial charge in [-0.1, -0.05) is 187 Å². The number of amides is 3. The molecule has 0 saturated heterocycles. The number of anilines is 4. The van der Waals surface area contributed by atoms with Crippen molar-refractivity contribution in [2.45, 2.75) is 91.1 Å². The van der Waals surface area contributed by atoms with E-state index in [9.17, 15) is 39.3 Å². The number of likely N-dealkylation sites (N-methyl/N-ethyl adjacent to an activating group) is 3. The molecule has 8 aromatic carbocycles. The van der Waals surface area contributed by atoms with E-state index >= 15 is 0 Å². The molecule has 3 unspecified atom stereocenters. The molecule has 3 amide bonds. The first kappa shape index (κ1) is 99.3. The van der Waals surface area contributed by atoms with Crippen LogP contribution in [-0.2, 0) is 4.74 Å². The van der Waals surface area contributed by atoms with E-state index in [1.165, 1.54) is 5.56 Å². The maximum absolute atomic E-state index is 12.5. The Labute approximate surface area is 769 Å². The monoisotopic (exact) mass is 1790 g/mol. The molecule has 3 atom stereocenters. The number of aliphatic hydroxyl groups excluding tert-OH is 3. The number of carbonyl (C=O) groups is 5. The average molecular weight is 1790 g/mol. The van der Waals surface area contributed by atoms with Crippen LogP contribution in [0, 0.1) is 54.3 Å². The van der Waals surface area contributed by atoms with Crippen LogP contribution in [0.2, 0.25) is 15.1 Å². The summed E-state index contributed by atoms with van der Waals surface area (Å²) < 4.78 is 5.17. The minimum absolute atomic E-state index is 0.00219. The first-order valence-electron chi connectivity index (χ1n) is 41.8. The summed E-state index contributed by atoms with van der Waals surface area (Å²) in [4.78, 5) is 84.2. The largest absolute Gasteiger partial charge is 0.444 e. The quantitative estimate of drug-likeness (QED) is 0.0144. The van der Waals surface area contributed by atoms with Crippen molar-refractivity contribution < 1.29 is 44.0 Å². The summed E-state index contributed by atoms with van der Waals surface area (Å²) in [5.74, 6) is 25.5. The van der Waals surface area contributed by atoms with Crippen LogP contribution >= 0.6 is 34.8 Å². The standard InChI is InChI=1S/C26H26ClN3O3.C26H26ClN3O2.C26H28N4O2.C25H27ClN4O2/c1-26(2,3)33-25(32)29-14-4-5-23(31)18-9-6-17(7-10-18)8-13-21-22-15-20(27)12-11-19(22)16-30-24(21)28;1-30(2)17-24(31)13-14-25(32)20-6-3-18(4-7-20)5-8-21-15-22(16-29-26(21)28)19-9-11-23(27)12-10-19;1-18-7-10-20(11-8-18)23-14-21(25(27)28-15-23)12-9-19-5-4-6-22(13-19)26(32)29-16-24(31)17-30(2)3;1-3-30(4-2)16-21(31)15-29-25(32)18-7-5-6-17(12-18)8-11-22-23-13-20(26)10-9-19(23)14-28-24(22)27/h6-7,9-12,15-16H,4-5,14H2,1-3H3,(H2,28,30)(H,29,32);3-4,6-7,9-12,15-16,24,31H,13-14,17H2,1-2H3,(H2,28,29);4-8,10-11,13-15,24,31H,16-17H2,1-3H3,(H2,27,28)(H,29,32);5-7,9-10,12-14,21,31H,3-4,15-16H2,1-2H3,(H2,27,28)(H,29,32). The number of pyridine rings is 4. The summed E-state index contributed by atoms with van der Waals surface area (Å²) in [6.07, 6.45) is 6.15. The van der Waals surface area contributed by atoms with Crippen molar-refractivity contribution in [2.75, 3.05) is 103 Å². The van der Waals surface area contributed by atoms with E-state index in [0.29, 0.717) is 146 Å². The van der Waals surface area contributed by atoms with Gasteiger partial charge in [0.1, 0.15) is 28.9 Å². The van der Waals surface area contributed by atoms with Crippen LogP contribution in [0.15, 0.2) is 219 Å². The molecule has 664 valence electrons. The maximum atomic E-state index is 12.5. The third-order valence-corrected chi connectivity index (χ3v) is 20.4. The Balaban J connectivity index is 0.000000194. The number of alkyl carbamates (subject to hydrolysis) is 1. The van der Waals surface area contributed by atoms with E-state index in [1.54, 1.807) is 130 Å². The smallest absolute Gasteiger partial charge is 0.407 e. The average Bonchev–Trinajstić information content (AvgIpc) is 0.804. The molecule has 0 aliphatic carbocycles. The number of aromatic nitrogens is 4. The third kappa shape index (κ3) is 32.4. The molecule has 23 nitrogen and oxygen atoms in total. The molecule has 4 aromatic heterocycles. The van der Waals surface area contributed by atoms with Crippen LogP contribution in [0.25, 0.3) is 43.8 Å². The number of nitrogens with one attached hydrogen (secondary N) is 3. The molecular formula is C103H107Cl3N14O9. The molecule has 14 N–H and O–H groups in total. The Bertz CT molecular complexity index is 6170. The number of halogens is 3. The summed E-state index contributed by atoms with van der Waals surface area (Å²) >= 11 is 18.2. The van der Waals surface area contributed by atoms with Gasteiger partial charge in [0, 0.05) is 169 Å². The summed E-state index contributed by atoms with van der Waals surface area (Å²) in [6, 6.07) is 58.7. The van der Waals surface area contributed by atoms with Gasteiger partial charge in [0.25, 0.3) is 11.8 Å². The summed E-state index contributed by atoms with van der Waals surface area (Å²) in [5.41, 5.74) is 36.1. The Morgan fingerprint density at radius 3 is 1.30 bits per heavy atom. The van der Waals surface area contributed by atoms with Gasteiger partial charge >= 0.3 is 6.09 Å². The summed E-state index contributed by atoms with van der Waals surface area (Å²) in [6.45, 7) is 15.5. The van der Waals surface area contributed by atoms with Gasteiger partial charge in [-0.05, 0) is 202 Å². The van der Waals surface area contributed by atoms with Gasteiger partial charge < -0.3 is 73.6 Å². The Morgan fingerprint density at radius 2 is 0.845 bits per heavy atom. The lowest BCUT2D eigenvalue weighted by Crippen LogP contribution is -2.40. The molecule has 12 aromatic rings. The number of nitrogens with two attached hydrogens (primary N) is 4. The van der Waals surface area contributed by atoms with E-state index in [1.807, 2.05) is 168 Å². The number of nitrogen functional groups attached to an aromatic ring is 4. The highest BCUT2D eigenvalue weighted by Gasteiger charge is 2.19. The number of hydrogen-bond acceptors (Lipinski definition) is 20. The first-order valence-corrected chi connectivity index (χ1v) is 43.0. The van der Waals surface area contributed by atoms with Crippen LogP contribution in [0.3, 0.4) is 0 Å². The minimum Gasteiger partial charge on any atom is -0.444 e. The number of ketones is 2. The zero-order chi connectivity index (χ0) is 93.3. The van der Waals surface area contributed by atoms with Gasteiger partial charge in [0.15, 0.2) is 11.6 Å². The van der Waals surface area contributed by atoms with Crippen molar-refractivity contribution in [3.05, 3.63) is 306 Å². The second-order valence-electron chi connectivity index (χ2n) is 31.8. The predicted molar refractivity (Wildman–Crippen MR) is 519 cm³/mol. The molecule has 0 radical (unpaired) electrons. The van der Waals surface area contributed by atoms with Gasteiger partial charge in [-0.15, -0.1) is 0 Å². The van der Waals surface area contributed by atoms with E-state index in [0.717, 1.165) is 68.0 Å². The van der Waals surface area contributed by atoms with Crippen LogP contribution in [0.1, 0.15) is 152 Å². The fraction of sp³-hybridized carbons (Fsp3) is 0.252. The van der Waals surface area contributed by atoms with Crippen molar-refractivity contribution >= 4 is 109 Å². The number of ether oxygens (including phenoxy) is 1. The van der Waals surface area contributed by atoms with E-state index in [-0.39, 0.29) is 36.5 Å². The number of rotatable bonds is 25. The van der Waals surface area contributed by atoms with Gasteiger partial charge in [-0.3, -0.25) is 19.2 Å². The highest BCUT2D eigenvalue weighted by atomic mass is 35.5. The fourth-order valence-electron chi connectivity index (χ4n) is 12.8. The second-order valence-corrected chi connectivity index (χ2v) is 33.1. The van der Waals surface area contributed by atoms with Gasteiger partial charge in [0.2, 0.25) is 0 Å². The van der Waals surface area contributed by atoms with Crippen LogP contribution in [-0.4, -0.2) is 184 Å². The number of benzene rings is 8. The van der Waals surface area contributed by atoms with E-state index in [2.05, 4.69) is 88.1 Å². The number of carbonyl (C=O) groups excluding carboxylic acids is 5. The maximum Gasteiger partial charge on any atom is 0.407 e. The topological polar surface area (TPSA) is 357 Å². The molecule has 12 rings (SSSR count). The number of fused-ring (bicyclic) bond motifs is 2. The highest BCUT2D eigenvalue weighted by molar-refractivity contribution is 6.32. The van der Waals surface area contributed by atoms with Crippen molar-refractivity contribution in [3.8, 4) is 69.6 Å². The van der Waals surface area contributed by atoms with Crippen molar-refractivity contribution in [1.29, 1.82) is 0 Å². The van der Waals surface area contributed by atoms with E-state index < -0.39 is 30.0 Å². The van der Waals surface area contributed by atoms with E-state index in [4.69, 9.17) is 62.5 Å². The number of Topliss-reactive ketones (excluding diaryl/α,β-unsaturated/α-hetero) is 2. The minimum atomic E-state index is -0.631. The second kappa shape index (κ2) is 49.0. The SMILES string of the molecule is CC(C)(C)OC(=O)NCCCC(=O)c1ccc(C#Cc2c(N)ncc3ccc(Cl)cc23)cc1.CCN(CC)CC(O)CNC(=O)c1cccc(C#Cc2c(N)ncc3ccc(Cl)cc23)c1.CN(C)CC(O)CCC(=O)c1ccc(C#Cc2cc(-c3ccc(Cl)cc3)cnc2N)cc1.Cc1ccc(-c2cnc(N)c(C#Cc3cccc(C(=O)NCC(O)CN(C)C)c3)c2)cc1. The Morgan fingerprint density at radius 1 is 0.434 bits per heavy atom. The van der Waals surface area contributed by atoms with Crippen molar-refractivity contribution in [1.82, 2.24) is 50.6 Å². The number of aliphatic hydroxyl groups is 3. The van der Waals surface area contributed by atoms with Crippen LogP contribution < -0.4 is 38.9 Å². The van der Waals surface area contributed by atoms with Crippen LogP contribution in [0.4, 0.5) is 28.1 Å². The lowest BCUT2D eigenvalue weighted by molar-refractivity contribution is 0.0525. The lowest BCUT2D eigenvalue weighted by Gasteiger charge is -2.22. The van der Waals surface area contributed by atoms with Crippen molar-refractivity contribution in [2.24, 2.45) is 0 Å². The molecular weight excluding hydrogens is 1680 g/mol. The number of hydrogen-bond donors (Lipinski definition) is 10. The predicted octanol–water partition coefficient (Wildman–Crippen LogP) is 15.6. The van der Waals surface area contributed by atoms with Gasteiger partial charge in [-0.25, -0.2) is 24.7 Å². The Hall–Kier alpha value is -13.5. The van der Waals surface area contributed by atoms with Gasteiger partial charge in [0.05, 0.1) is 40.6 Å². The summed E-state index contributed by atoms with van der Waals surface area (Å²) in [5, 5.41) is 43.5. The third-order valence-electron chi connectivity index (χ3n) is 19.6. The zero-order valence-electron chi connectivity index (χ0n) is 73.9. The fourth-order valence-corrected chi connectivity index (χ4v) is 13.3. The zero-order valence-corrected chi connectivity index (χ0v) is 76.1. The summed E-state index contributed by atoms with van der Waals surface area (Å²) in [7, 11) is 7.52. The number of nitrogens with zero attached hydrogens (tertiary/aromatic N) is 7. The molecule has 26 heteroatoms. The van der Waals surface area contributed by atoms with Gasteiger partial charge in [-0.2, -0.15) is 0 Å². The molecule has 0 aliphatic rings.